The van der Waals surface area contributed by atoms with Crippen LogP contribution in [0.4, 0.5) is 5.69 Å². The average molecular weight is 273 g/mol. The van der Waals surface area contributed by atoms with E-state index in [1.165, 1.54) is 13.0 Å². The molecule has 0 unspecified atom stereocenters. The number of rotatable bonds is 3. The quantitative estimate of drug-likeness (QED) is 0.857. The van der Waals surface area contributed by atoms with Crippen LogP contribution in [0.3, 0.4) is 0 Å². The van der Waals surface area contributed by atoms with Crippen molar-refractivity contribution >= 4 is 28.9 Å². The summed E-state index contributed by atoms with van der Waals surface area (Å²) >= 11 is 0. The Morgan fingerprint density at radius 2 is 1.95 bits per heavy atom. The van der Waals surface area contributed by atoms with E-state index in [2.05, 4.69) is 5.32 Å². The molecule has 1 N–H and O–H groups in total. The number of fused-ring (bicyclic) bond motifs is 1. The highest BCUT2D eigenvalue weighted by Gasteiger charge is 2.29. The van der Waals surface area contributed by atoms with Crippen molar-refractivity contribution in [1.29, 1.82) is 0 Å². The van der Waals surface area contributed by atoms with Crippen molar-refractivity contribution in [1.82, 2.24) is 0 Å². The lowest BCUT2D eigenvalue weighted by molar-refractivity contribution is -0.114. The molecule has 0 aliphatic heterocycles. The van der Waals surface area contributed by atoms with Gasteiger partial charge in [-0.25, -0.2) is 0 Å². The molecule has 0 saturated heterocycles. The molecule has 0 saturated carbocycles. The number of allylic oxidation sites excluding steroid dienone is 1. The number of ketones is 2. The van der Waals surface area contributed by atoms with Crippen LogP contribution in [0.15, 0.2) is 24.3 Å². The van der Waals surface area contributed by atoms with Crippen LogP contribution in [-0.2, 0) is 14.3 Å². The number of nitrogens with one attached hydrogen (secondary N) is 1. The smallest absolute Gasteiger partial charge is 0.235 e. The zero-order chi connectivity index (χ0) is 14.9. The molecule has 0 radical (unpaired) electrons. The summed E-state index contributed by atoms with van der Waals surface area (Å²) in [5.74, 6) is -1.24. The van der Waals surface area contributed by atoms with Crippen molar-refractivity contribution < 1.29 is 19.1 Å². The Bertz CT molecular complexity index is 629. The molecule has 0 spiro atoms. The number of anilines is 1. The van der Waals surface area contributed by atoms with Gasteiger partial charge in [-0.15, -0.1) is 0 Å². The van der Waals surface area contributed by atoms with Crippen molar-refractivity contribution in [3.63, 3.8) is 0 Å². The third kappa shape index (κ3) is 2.61. The molecule has 0 fully saturated rings. The van der Waals surface area contributed by atoms with E-state index in [4.69, 9.17) is 4.74 Å². The molecule has 1 aliphatic rings. The molecule has 5 nitrogen and oxygen atoms in total. The zero-order valence-electron chi connectivity index (χ0n) is 11.5. The fourth-order valence-electron chi connectivity index (χ4n) is 2.03. The number of carbonyl (C=O) groups is 3. The Labute approximate surface area is 116 Å². The third-order valence-electron chi connectivity index (χ3n) is 2.72. The molecule has 20 heavy (non-hydrogen) atoms. The summed E-state index contributed by atoms with van der Waals surface area (Å²) in [7, 11) is 0. The Balaban J connectivity index is 2.57. The van der Waals surface area contributed by atoms with Crippen LogP contribution < -0.4 is 5.32 Å². The van der Waals surface area contributed by atoms with Crippen molar-refractivity contribution in [2.75, 3.05) is 5.32 Å². The lowest BCUT2D eigenvalue weighted by atomic mass is 9.92. The SMILES string of the molecule is CC(=O)Nc1cccc2c1C(=O)C(=O)C=C2OC(C)C. The minimum atomic E-state index is -0.647. The first-order valence-electron chi connectivity index (χ1n) is 6.28. The monoisotopic (exact) mass is 273 g/mol. The van der Waals surface area contributed by atoms with Gasteiger partial charge in [0.05, 0.1) is 17.4 Å². The number of amides is 1. The number of carbonyl (C=O) groups excluding carboxylic acids is 3. The molecule has 5 heteroatoms. The molecule has 1 aromatic carbocycles. The van der Waals surface area contributed by atoms with Crippen molar-refractivity contribution in [2.45, 2.75) is 26.9 Å². The summed E-state index contributed by atoms with van der Waals surface area (Å²) in [5.41, 5.74) is 1.03. The molecular formula is C15H15NO4. The van der Waals surface area contributed by atoms with E-state index in [-0.39, 0.29) is 17.6 Å². The molecule has 0 bridgehead atoms. The van der Waals surface area contributed by atoms with Crippen molar-refractivity contribution in [3.8, 4) is 0 Å². The van der Waals surface area contributed by atoms with Crippen LogP contribution >= 0.6 is 0 Å². The van der Waals surface area contributed by atoms with Gasteiger partial charge >= 0.3 is 0 Å². The second kappa shape index (κ2) is 5.28. The molecule has 0 aromatic heterocycles. The van der Waals surface area contributed by atoms with Gasteiger partial charge in [0.15, 0.2) is 0 Å². The van der Waals surface area contributed by atoms with Gasteiger partial charge in [-0.3, -0.25) is 14.4 Å². The first kappa shape index (κ1) is 14.0. The normalized spacial score (nSPS) is 13.9. The Hall–Kier alpha value is -2.43. The molecule has 0 atom stereocenters. The number of ether oxygens (including phenoxy) is 1. The van der Waals surface area contributed by atoms with E-state index in [1.807, 2.05) is 13.8 Å². The van der Waals surface area contributed by atoms with Gasteiger partial charge < -0.3 is 10.1 Å². The highest BCUT2D eigenvalue weighted by atomic mass is 16.5. The van der Waals surface area contributed by atoms with Gasteiger partial charge in [0.25, 0.3) is 0 Å². The van der Waals surface area contributed by atoms with Crippen LogP contribution in [0.25, 0.3) is 5.76 Å². The summed E-state index contributed by atoms with van der Waals surface area (Å²) in [5, 5.41) is 2.56. The van der Waals surface area contributed by atoms with Crippen LogP contribution in [0, 0.1) is 0 Å². The highest BCUT2D eigenvalue weighted by molar-refractivity contribution is 6.51. The largest absolute Gasteiger partial charge is 0.490 e. The van der Waals surface area contributed by atoms with Crippen LogP contribution in [0.5, 0.6) is 0 Å². The Morgan fingerprint density at radius 1 is 1.25 bits per heavy atom. The van der Waals surface area contributed by atoms with Gasteiger partial charge in [0.2, 0.25) is 17.5 Å². The first-order valence-corrected chi connectivity index (χ1v) is 6.28. The predicted octanol–water partition coefficient (Wildman–Crippen LogP) is 2.18. The fraction of sp³-hybridized carbons (Fsp3) is 0.267. The second-order valence-electron chi connectivity index (χ2n) is 4.78. The lowest BCUT2D eigenvalue weighted by Gasteiger charge is -2.21. The second-order valence-corrected chi connectivity index (χ2v) is 4.78. The summed E-state index contributed by atoms with van der Waals surface area (Å²) < 4.78 is 5.57. The maximum atomic E-state index is 12.0. The predicted molar refractivity (Wildman–Crippen MR) is 74.3 cm³/mol. The van der Waals surface area contributed by atoms with Gasteiger partial charge in [0.1, 0.15) is 5.76 Å². The first-order chi connectivity index (χ1) is 9.40. The number of hydrogen-bond acceptors (Lipinski definition) is 4. The van der Waals surface area contributed by atoms with Gasteiger partial charge in [-0.1, -0.05) is 12.1 Å². The molecule has 2 rings (SSSR count). The minimum Gasteiger partial charge on any atom is -0.490 e. The van der Waals surface area contributed by atoms with E-state index in [1.54, 1.807) is 18.2 Å². The van der Waals surface area contributed by atoms with Crippen LogP contribution in [-0.4, -0.2) is 23.6 Å². The van der Waals surface area contributed by atoms with Crippen LogP contribution in [0.1, 0.15) is 36.7 Å². The highest BCUT2D eigenvalue weighted by Crippen LogP contribution is 2.31. The average Bonchev–Trinajstić information content (AvgIpc) is 2.34. The van der Waals surface area contributed by atoms with E-state index in [0.29, 0.717) is 17.0 Å². The lowest BCUT2D eigenvalue weighted by Crippen LogP contribution is -2.23. The number of Topliss-reactive ketones (excluding diaryl/α,β-unsaturated/α-hetero) is 1. The molecular weight excluding hydrogens is 258 g/mol. The number of benzene rings is 1. The molecule has 1 amide bonds. The fourth-order valence-corrected chi connectivity index (χ4v) is 2.03. The summed E-state index contributed by atoms with van der Waals surface area (Å²) in [4.78, 5) is 35.0. The summed E-state index contributed by atoms with van der Waals surface area (Å²) in [6.07, 6.45) is 1.07. The van der Waals surface area contributed by atoms with Gasteiger partial charge in [0, 0.05) is 18.6 Å². The third-order valence-corrected chi connectivity index (χ3v) is 2.72. The van der Waals surface area contributed by atoms with E-state index >= 15 is 0 Å². The topological polar surface area (TPSA) is 72.5 Å². The Kier molecular flexibility index (Phi) is 3.70. The van der Waals surface area contributed by atoms with Crippen molar-refractivity contribution in [2.24, 2.45) is 0 Å². The Morgan fingerprint density at radius 3 is 2.55 bits per heavy atom. The standard InChI is InChI=1S/C15H15NO4/c1-8(2)20-13-7-12(18)15(19)14-10(13)5-4-6-11(14)16-9(3)17/h4-8H,1-3H3,(H,16,17). The molecule has 1 aliphatic carbocycles. The molecule has 1 aromatic rings. The van der Waals surface area contributed by atoms with Crippen LogP contribution in [0.2, 0.25) is 0 Å². The van der Waals surface area contributed by atoms with E-state index in [9.17, 15) is 14.4 Å². The van der Waals surface area contributed by atoms with Gasteiger partial charge in [-0.2, -0.15) is 0 Å². The maximum absolute atomic E-state index is 12.0. The molecule has 104 valence electrons. The minimum absolute atomic E-state index is 0.125. The molecule has 0 heterocycles. The van der Waals surface area contributed by atoms with E-state index in [0.717, 1.165) is 0 Å². The summed E-state index contributed by atoms with van der Waals surface area (Å²) in [6, 6.07) is 4.98. The number of hydrogen-bond donors (Lipinski definition) is 1. The maximum Gasteiger partial charge on any atom is 0.235 e. The van der Waals surface area contributed by atoms with E-state index < -0.39 is 11.6 Å². The van der Waals surface area contributed by atoms with Gasteiger partial charge in [-0.05, 0) is 19.9 Å². The summed E-state index contributed by atoms with van der Waals surface area (Å²) in [6.45, 7) is 5.01. The zero-order valence-corrected chi connectivity index (χ0v) is 11.5. The van der Waals surface area contributed by atoms with Crippen molar-refractivity contribution in [3.05, 3.63) is 35.4 Å².